The van der Waals surface area contributed by atoms with Gasteiger partial charge in [0.25, 0.3) is 5.91 Å². The molecule has 1 heterocycles. The van der Waals surface area contributed by atoms with Crippen LogP contribution in [0.5, 0.6) is 5.75 Å². The van der Waals surface area contributed by atoms with Crippen LogP contribution in [-0.4, -0.2) is 17.9 Å². The second-order valence-corrected chi connectivity index (χ2v) is 6.20. The lowest BCUT2D eigenvalue weighted by atomic mass is 9.93. The third kappa shape index (κ3) is 3.82. The summed E-state index contributed by atoms with van der Waals surface area (Å²) in [4.78, 5) is 24.5. The van der Waals surface area contributed by atoms with E-state index >= 15 is 0 Å². The zero-order valence-corrected chi connectivity index (χ0v) is 14.4. The largest absolute Gasteiger partial charge is 0.479 e. The molecule has 2 aromatic rings. The van der Waals surface area contributed by atoms with E-state index < -0.39 is 6.10 Å². The molecule has 1 aliphatic heterocycles. The molecule has 2 atom stereocenters. The molecular weight excluding hydrogens is 316 g/mol. The van der Waals surface area contributed by atoms with Gasteiger partial charge in [-0.25, -0.2) is 0 Å². The third-order valence-corrected chi connectivity index (χ3v) is 4.27. The average molecular weight is 338 g/mol. The molecule has 0 bridgehead atoms. The van der Waals surface area contributed by atoms with E-state index in [9.17, 15) is 9.59 Å². The molecule has 1 aliphatic rings. The van der Waals surface area contributed by atoms with Crippen LogP contribution in [-0.2, 0) is 9.59 Å². The Morgan fingerprint density at radius 2 is 2.00 bits per heavy atom. The van der Waals surface area contributed by atoms with E-state index in [2.05, 4.69) is 17.6 Å². The Kier molecular flexibility index (Phi) is 5.03. The minimum atomic E-state index is -0.514. The first-order valence-electron chi connectivity index (χ1n) is 8.56. The Labute approximate surface area is 147 Å². The van der Waals surface area contributed by atoms with Crippen molar-refractivity contribution in [1.29, 1.82) is 0 Å². The number of carbonyl (C=O) groups excluding carboxylic acids is 2. The molecule has 2 amide bonds. The first-order chi connectivity index (χ1) is 12.1. The summed E-state index contributed by atoms with van der Waals surface area (Å²) in [6.07, 6.45) is 1.18. The molecule has 3 rings (SSSR count). The molecule has 0 aliphatic carbocycles. The van der Waals surface area contributed by atoms with Crippen molar-refractivity contribution in [1.82, 2.24) is 0 Å². The van der Waals surface area contributed by atoms with E-state index in [1.165, 1.54) is 0 Å². The number of hydrogen-bond acceptors (Lipinski definition) is 3. The number of benzene rings is 2. The van der Waals surface area contributed by atoms with E-state index in [1.54, 1.807) is 25.1 Å². The van der Waals surface area contributed by atoms with Gasteiger partial charge in [-0.15, -0.1) is 0 Å². The SMILES string of the molecule is CCC[C@H](C(=O)Nc1ccc2c(c1)NC(=O)[C@@H](C)O2)c1ccccc1. The van der Waals surface area contributed by atoms with Crippen molar-refractivity contribution >= 4 is 23.2 Å². The van der Waals surface area contributed by atoms with Crippen molar-refractivity contribution in [2.24, 2.45) is 0 Å². The maximum atomic E-state index is 12.8. The van der Waals surface area contributed by atoms with E-state index in [1.807, 2.05) is 30.3 Å². The maximum absolute atomic E-state index is 12.8. The van der Waals surface area contributed by atoms with Gasteiger partial charge in [0.05, 0.1) is 11.6 Å². The number of anilines is 2. The molecule has 0 unspecified atom stereocenters. The van der Waals surface area contributed by atoms with Gasteiger partial charge in [-0.3, -0.25) is 9.59 Å². The van der Waals surface area contributed by atoms with E-state index in [0.29, 0.717) is 17.1 Å². The second-order valence-electron chi connectivity index (χ2n) is 6.20. The fourth-order valence-corrected chi connectivity index (χ4v) is 2.94. The van der Waals surface area contributed by atoms with Crippen molar-refractivity contribution in [3.8, 4) is 5.75 Å². The Balaban J connectivity index is 1.78. The Morgan fingerprint density at radius 1 is 1.24 bits per heavy atom. The maximum Gasteiger partial charge on any atom is 0.265 e. The molecule has 130 valence electrons. The number of nitrogens with one attached hydrogen (secondary N) is 2. The normalized spacial score (nSPS) is 17.0. The zero-order valence-electron chi connectivity index (χ0n) is 14.4. The first kappa shape index (κ1) is 17.0. The molecule has 0 saturated carbocycles. The monoisotopic (exact) mass is 338 g/mol. The first-order valence-corrected chi connectivity index (χ1v) is 8.56. The summed E-state index contributed by atoms with van der Waals surface area (Å²) in [6, 6.07) is 15.1. The van der Waals surface area contributed by atoms with Gasteiger partial charge in [0.2, 0.25) is 5.91 Å². The highest BCUT2D eigenvalue weighted by molar-refractivity contribution is 6.00. The molecule has 5 nitrogen and oxygen atoms in total. The summed E-state index contributed by atoms with van der Waals surface area (Å²) in [5, 5.41) is 5.75. The number of hydrogen-bond donors (Lipinski definition) is 2. The van der Waals surface area contributed by atoms with E-state index in [-0.39, 0.29) is 17.7 Å². The van der Waals surface area contributed by atoms with Crippen molar-refractivity contribution < 1.29 is 14.3 Å². The van der Waals surface area contributed by atoms with Crippen LogP contribution >= 0.6 is 0 Å². The van der Waals surface area contributed by atoms with Gasteiger partial charge in [0, 0.05) is 5.69 Å². The standard InChI is InChI=1S/C20H22N2O3/c1-3-7-16(14-8-5-4-6-9-14)20(24)21-15-10-11-18-17(12-15)22-19(23)13(2)25-18/h4-6,8-13,16H,3,7H2,1-2H3,(H,21,24)(H,22,23)/t13-,16+/m1/s1. The predicted octanol–water partition coefficient (Wildman–Crippen LogP) is 3.93. The highest BCUT2D eigenvalue weighted by atomic mass is 16.5. The molecule has 0 spiro atoms. The van der Waals surface area contributed by atoms with Crippen LogP contribution in [0.1, 0.15) is 38.2 Å². The average Bonchev–Trinajstić information content (AvgIpc) is 2.61. The smallest absolute Gasteiger partial charge is 0.265 e. The number of carbonyl (C=O) groups is 2. The molecule has 25 heavy (non-hydrogen) atoms. The topological polar surface area (TPSA) is 67.4 Å². The summed E-state index contributed by atoms with van der Waals surface area (Å²) in [7, 11) is 0. The van der Waals surface area contributed by atoms with Crippen molar-refractivity contribution in [3.05, 3.63) is 54.1 Å². The van der Waals surface area contributed by atoms with Gasteiger partial charge in [0.15, 0.2) is 6.10 Å². The van der Waals surface area contributed by atoms with Crippen molar-refractivity contribution in [2.75, 3.05) is 10.6 Å². The van der Waals surface area contributed by atoms with Crippen LogP contribution in [0, 0.1) is 0 Å². The van der Waals surface area contributed by atoms with E-state index in [0.717, 1.165) is 18.4 Å². The molecule has 2 aromatic carbocycles. The van der Waals surface area contributed by atoms with Gasteiger partial charge in [-0.2, -0.15) is 0 Å². The molecular formula is C20H22N2O3. The van der Waals surface area contributed by atoms with Gasteiger partial charge in [0.1, 0.15) is 5.75 Å². The summed E-state index contributed by atoms with van der Waals surface area (Å²) in [5.74, 6) is 0.167. The highest BCUT2D eigenvalue weighted by Crippen LogP contribution is 2.33. The summed E-state index contributed by atoms with van der Waals surface area (Å²) < 4.78 is 5.53. The van der Waals surface area contributed by atoms with Crippen molar-refractivity contribution in [3.63, 3.8) is 0 Å². The number of fused-ring (bicyclic) bond motifs is 1. The molecule has 0 aromatic heterocycles. The Morgan fingerprint density at radius 3 is 2.72 bits per heavy atom. The second kappa shape index (κ2) is 7.38. The van der Waals surface area contributed by atoms with Crippen LogP contribution in [0.25, 0.3) is 0 Å². The highest BCUT2D eigenvalue weighted by Gasteiger charge is 2.24. The van der Waals surface area contributed by atoms with Crippen LogP contribution in [0.3, 0.4) is 0 Å². The minimum absolute atomic E-state index is 0.0515. The van der Waals surface area contributed by atoms with Gasteiger partial charge in [-0.1, -0.05) is 43.7 Å². The summed E-state index contributed by atoms with van der Waals surface area (Å²) >= 11 is 0. The quantitative estimate of drug-likeness (QED) is 0.868. The van der Waals surface area contributed by atoms with Crippen LogP contribution in [0.4, 0.5) is 11.4 Å². The fraction of sp³-hybridized carbons (Fsp3) is 0.300. The molecule has 5 heteroatoms. The lowest BCUT2D eigenvalue weighted by Gasteiger charge is -2.24. The van der Waals surface area contributed by atoms with Crippen LogP contribution in [0.2, 0.25) is 0 Å². The number of amides is 2. The predicted molar refractivity (Wildman–Crippen MR) is 97.9 cm³/mol. The molecule has 0 radical (unpaired) electrons. The van der Waals surface area contributed by atoms with E-state index in [4.69, 9.17) is 4.74 Å². The van der Waals surface area contributed by atoms with Crippen LogP contribution in [0.15, 0.2) is 48.5 Å². The molecule has 0 saturated heterocycles. The molecule has 0 fully saturated rings. The summed E-state index contributed by atoms with van der Waals surface area (Å²) in [5.41, 5.74) is 2.22. The van der Waals surface area contributed by atoms with Gasteiger partial charge in [-0.05, 0) is 37.1 Å². The minimum Gasteiger partial charge on any atom is -0.479 e. The van der Waals surface area contributed by atoms with Gasteiger partial charge >= 0.3 is 0 Å². The zero-order chi connectivity index (χ0) is 17.8. The Hall–Kier alpha value is -2.82. The van der Waals surface area contributed by atoms with Gasteiger partial charge < -0.3 is 15.4 Å². The molecule has 2 N–H and O–H groups in total. The fourth-order valence-electron chi connectivity index (χ4n) is 2.94. The van der Waals surface area contributed by atoms with Crippen LogP contribution < -0.4 is 15.4 Å². The lowest BCUT2D eigenvalue weighted by molar-refractivity contribution is -0.122. The Bertz CT molecular complexity index is 774. The third-order valence-electron chi connectivity index (χ3n) is 4.27. The summed E-state index contributed by atoms with van der Waals surface area (Å²) in [6.45, 7) is 3.76. The number of rotatable bonds is 5. The lowest BCUT2D eigenvalue weighted by Crippen LogP contribution is -2.34. The van der Waals surface area contributed by atoms with Crippen molar-refractivity contribution in [2.45, 2.75) is 38.7 Å². The number of ether oxygens (including phenoxy) is 1.